The van der Waals surface area contributed by atoms with Gasteiger partial charge in [0, 0.05) is 6.20 Å². The fourth-order valence-electron chi connectivity index (χ4n) is 1.62. The van der Waals surface area contributed by atoms with Crippen molar-refractivity contribution in [3.05, 3.63) is 47.3 Å². The molecule has 0 aliphatic carbocycles. The maximum atomic E-state index is 12.1. The van der Waals surface area contributed by atoms with Gasteiger partial charge in [-0.05, 0) is 26.0 Å². The number of carbonyl (C=O) groups is 1. The van der Waals surface area contributed by atoms with Gasteiger partial charge in [-0.1, -0.05) is 17.7 Å². The topological polar surface area (TPSA) is 109 Å². The van der Waals surface area contributed by atoms with E-state index in [4.69, 9.17) is 5.11 Å². The lowest BCUT2D eigenvalue weighted by atomic mass is 10.2. The van der Waals surface area contributed by atoms with Crippen LogP contribution in [0.25, 0.3) is 0 Å². The minimum Gasteiger partial charge on any atom is -0.478 e. The molecular weight excluding hydrogens is 294 g/mol. The molecule has 0 aliphatic heterocycles. The van der Waals surface area contributed by atoms with Crippen LogP contribution in [0.3, 0.4) is 0 Å². The van der Waals surface area contributed by atoms with Crippen molar-refractivity contribution in [1.82, 2.24) is 9.97 Å². The van der Waals surface area contributed by atoms with Gasteiger partial charge in [-0.25, -0.2) is 27.9 Å². The van der Waals surface area contributed by atoms with Crippen LogP contribution < -0.4 is 4.72 Å². The Hall–Kier alpha value is -2.48. The maximum Gasteiger partial charge on any atom is 0.339 e. The molecule has 8 heteroatoms. The summed E-state index contributed by atoms with van der Waals surface area (Å²) in [6.07, 6.45) is 1.07. The smallest absolute Gasteiger partial charge is 0.339 e. The summed E-state index contributed by atoms with van der Waals surface area (Å²) in [5.41, 5.74) is 1.04. The van der Waals surface area contributed by atoms with E-state index in [0.717, 1.165) is 11.8 Å². The Labute approximate surface area is 121 Å². The van der Waals surface area contributed by atoms with Gasteiger partial charge in [-0.2, -0.15) is 0 Å². The minimum absolute atomic E-state index is 0.0757. The molecule has 7 nitrogen and oxygen atoms in total. The van der Waals surface area contributed by atoms with Gasteiger partial charge in [0.1, 0.15) is 0 Å². The van der Waals surface area contributed by atoms with Crippen LogP contribution in [0.15, 0.2) is 35.4 Å². The van der Waals surface area contributed by atoms with Crippen molar-refractivity contribution in [2.45, 2.75) is 18.7 Å². The van der Waals surface area contributed by atoms with Gasteiger partial charge in [0.2, 0.25) is 5.95 Å². The van der Waals surface area contributed by atoms with Crippen LogP contribution in [0.1, 0.15) is 21.6 Å². The van der Waals surface area contributed by atoms with Crippen LogP contribution >= 0.6 is 0 Å². The predicted octanol–water partition coefficient (Wildman–Crippen LogP) is 1.59. The molecule has 0 radical (unpaired) electrons. The third-order valence-electron chi connectivity index (χ3n) is 2.77. The van der Waals surface area contributed by atoms with Gasteiger partial charge in [0.25, 0.3) is 10.0 Å². The van der Waals surface area contributed by atoms with E-state index in [1.54, 1.807) is 12.1 Å². The number of aromatic nitrogens is 2. The molecule has 1 aromatic heterocycles. The van der Waals surface area contributed by atoms with Crippen LogP contribution in [0.5, 0.6) is 0 Å². The van der Waals surface area contributed by atoms with Crippen molar-refractivity contribution in [3.8, 4) is 0 Å². The number of benzene rings is 1. The normalized spacial score (nSPS) is 11.1. The third-order valence-corrected chi connectivity index (χ3v) is 4.11. The molecular formula is C13H13N3O4S. The number of anilines is 1. The van der Waals surface area contributed by atoms with E-state index in [-0.39, 0.29) is 22.1 Å². The van der Waals surface area contributed by atoms with Gasteiger partial charge in [0.05, 0.1) is 16.2 Å². The summed E-state index contributed by atoms with van der Waals surface area (Å²) >= 11 is 0. The van der Waals surface area contributed by atoms with Gasteiger partial charge in [-0.15, -0.1) is 0 Å². The van der Waals surface area contributed by atoms with Crippen LogP contribution in [-0.4, -0.2) is 29.5 Å². The molecule has 110 valence electrons. The van der Waals surface area contributed by atoms with Crippen molar-refractivity contribution in [3.63, 3.8) is 0 Å². The Morgan fingerprint density at radius 1 is 1.19 bits per heavy atom. The number of hydrogen-bond acceptors (Lipinski definition) is 5. The van der Waals surface area contributed by atoms with E-state index in [1.165, 1.54) is 19.1 Å². The van der Waals surface area contributed by atoms with Crippen molar-refractivity contribution in [2.24, 2.45) is 0 Å². The Morgan fingerprint density at radius 2 is 1.81 bits per heavy atom. The summed E-state index contributed by atoms with van der Waals surface area (Å²) in [7, 11) is -3.80. The van der Waals surface area contributed by atoms with Crippen LogP contribution in [0.2, 0.25) is 0 Å². The first-order valence-electron chi connectivity index (χ1n) is 5.96. The summed E-state index contributed by atoms with van der Waals surface area (Å²) in [6.45, 7) is 3.32. The molecule has 0 spiro atoms. The SMILES string of the molecule is Cc1ccc(S(=O)(=O)Nc2ncc(C(=O)O)c(C)n2)cc1. The highest BCUT2D eigenvalue weighted by atomic mass is 32.2. The van der Waals surface area contributed by atoms with Crippen LogP contribution in [0, 0.1) is 13.8 Å². The number of rotatable bonds is 4. The Morgan fingerprint density at radius 3 is 2.33 bits per heavy atom. The lowest BCUT2D eigenvalue weighted by molar-refractivity contribution is 0.0695. The van der Waals surface area contributed by atoms with Gasteiger partial charge in [-0.3, -0.25) is 0 Å². The summed E-state index contributed by atoms with van der Waals surface area (Å²) in [5.74, 6) is -1.33. The molecule has 0 saturated heterocycles. The Kier molecular flexibility index (Phi) is 3.90. The molecule has 0 atom stereocenters. The van der Waals surface area contributed by atoms with E-state index >= 15 is 0 Å². The van der Waals surface area contributed by atoms with Crippen molar-refractivity contribution >= 4 is 21.9 Å². The highest BCUT2D eigenvalue weighted by Gasteiger charge is 2.17. The molecule has 21 heavy (non-hydrogen) atoms. The number of nitrogens with one attached hydrogen (secondary N) is 1. The Balaban J connectivity index is 2.31. The number of aryl methyl sites for hydroxylation is 2. The second-order valence-electron chi connectivity index (χ2n) is 4.42. The zero-order chi connectivity index (χ0) is 15.6. The largest absolute Gasteiger partial charge is 0.478 e. The van der Waals surface area contributed by atoms with Crippen molar-refractivity contribution < 1.29 is 18.3 Å². The quantitative estimate of drug-likeness (QED) is 0.887. The maximum absolute atomic E-state index is 12.1. The first-order chi connectivity index (χ1) is 9.79. The summed E-state index contributed by atoms with van der Waals surface area (Å²) in [5, 5.41) is 8.87. The monoisotopic (exact) mass is 307 g/mol. The van der Waals surface area contributed by atoms with Crippen molar-refractivity contribution in [1.29, 1.82) is 0 Å². The zero-order valence-electron chi connectivity index (χ0n) is 11.4. The fourth-order valence-corrected chi connectivity index (χ4v) is 2.57. The van der Waals surface area contributed by atoms with E-state index < -0.39 is 16.0 Å². The molecule has 2 N–H and O–H groups in total. The average Bonchev–Trinajstić information content (AvgIpc) is 2.38. The number of carboxylic acid groups (broad SMARTS) is 1. The lowest BCUT2D eigenvalue weighted by Crippen LogP contribution is -2.16. The second-order valence-corrected chi connectivity index (χ2v) is 6.10. The summed E-state index contributed by atoms with van der Waals surface area (Å²) in [4.78, 5) is 18.5. The molecule has 0 fully saturated rings. The number of hydrogen-bond donors (Lipinski definition) is 2. The van der Waals surface area contributed by atoms with Gasteiger partial charge < -0.3 is 5.11 Å². The van der Waals surface area contributed by atoms with E-state index in [2.05, 4.69) is 14.7 Å². The van der Waals surface area contributed by atoms with Gasteiger partial charge in [0.15, 0.2) is 0 Å². The summed E-state index contributed by atoms with van der Waals surface area (Å²) < 4.78 is 26.5. The van der Waals surface area contributed by atoms with Crippen LogP contribution in [-0.2, 0) is 10.0 Å². The molecule has 0 unspecified atom stereocenters. The van der Waals surface area contributed by atoms with Crippen molar-refractivity contribution in [2.75, 3.05) is 4.72 Å². The minimum atomic E-state index is -3.80. The van der Waals surface area contributed by atoms with E-state index in [0.29, 0.717) is 0 Å². The number of carboxylic acids is 1. The molecule has 0 amide bonds. The standard InChI is InChI=1S/C13H13N3O4S/c1-8-3-5-10(6-4-8)21(19,20)16-13-14-7-11(12(17)18)9(2)15-13/h3-7H,1-2H3,(H,17,18)(H,14,15,16). The first kappa shape index (κ1) is 14.9. The number of nitrogens with zero attached hydrogens (tertiary/aromatic N) is 2. The zero-order valence-corrected chi connectivity index (χ0v) is 12.2. The number of sulfonamides is 1. The second kappa shape index (κ2) is 5.49. The molecule has 1 aromatic carbocycles. The van der Waals surface area contributed by atoms with Gasteiger partial charge >= 0.3 is 5.97 Å². The third kappa shape index (κ3) is 3.34. The molecule has 1 heterocycles. The summed E-state index contributed by atoms with van der Waals surface area (Å²) in [6, 6.07) is 6.29. The first-order valence-corrected chi connectivity index (χ1v) is 7.44. The van der Waals surface area contributed by atoms with E-state index in [1.807, 2.05) is 6.92 Å². The average molecular weight is 307 g/mol. The van der Waals surface area contributed by atoms with Crippen LogP contribution in [0.4, 0.5) is 5.95 Å². The van der Waals surface area contributed by atoms with E-state index in [9.17, 15) is 13.2 Å². The molecule has 2 rings (SSSR count). The highest BCUT2D eigenvalue weighted by Crippen LogP contribution is 2.15. The number of aromatic carboxylic acids is 1. The Bertz CT molecular complexity index is 786. The molecule has 0 saturated carbocycles. The molecule has 0 bridgehead atoms. The molecule has 2 aromatic rings. The fraction of sp³-hybridized carbons (Fsp3) is 0.154. The lowest BCUT2D eigenvalue weighted by Gasteiger charge is -2.08. The highest BCUT2D eigenvalue weighted by molar-refractivity contribution is 7.92. The molecule has 0 aliphatic rings. The predicted molar refractivity (Wildman–Crippen MR) is 75.7 cm³/mol.